The summed E-state index contributed by atoms with van der Waals surface area (Å²) in [5.74, 6) is 0.856. The Morgan fingerprint density at radius 2 is 2.18 bits per heavy atom. The van der Waals surface area contributed by atoms with Gasteiger partial charge in [0, 0.05) is 18.5 Å². The highest BCUT2D eigenvalue weighted by molar-refractivity contribution is 5.82. The second kappa shape index (κ2) is 5.94. The Kier molecular flexibility index (Phi) is 4.57. The molecule has 0 saturated carbocycles. The van der Waals surface area contributed by atoms with E-state index in [-0.39, 0.29) is 11.5 Å². The number of hydrogen-bond acceptors (Lipinski definition) is 3. The van der Waals surface area contributed by atoms with E-state index in [9.17, 15) is 4.79 Å². The van der Waals surface area contributed by atoms with Crippen molar-refractivity contribution in [2.24, 2.45) is 15.9 Å². The molecule has 0 aliphatic carbocycles. The van der Waals surface area contributed by atoms with Crippen LogP contribution in [0.25, 0.3) is 0 Å². The zero-order chi connectivity index (χ0) is 12.8. The van der Waals surface area contributed by atoms with Gasteiger partial charge in [-0.3, -0.25) is 14.4 Å². The Bertz CT molecular complexity index is 509. The Morgan fingerprint density at radius 1 is 1.47 bits per heavy atom. The van der Waals surface area contributed by atoms with Crippen molar-refractivity contribution in [2.45, 2.75) is 20.8 Å². The Labute approximate surface area is 101 Å². The lowest BCUT2D eigenvalue weighted by Crippen LogP contribution is -2.23. The number of nitrogens with zero attached hydrogens (tertiary/aromatic N) is 3. The van der Waals surface area contributed by atoms with Crippen molar-refractivity contribution in [2.75, 3.05) is 0 Å². The van der Waals surface area contributed by atoms with Crippen LogP contribution in [0.4, 0.5) is 0 Å². The predicted octanol–water partition coefficient (Wildman–Crippen LogP) is 2.31. The van der Waals surface area contributed by atoms with E-state index in [1.54, 1.807) is 31.5 Å². The van der Waals surface area contributed by atoms with Crippen LogP contribution in [0.2, 0.25) is 0 Å². The lowest BCUT2D eigenvalue weighted by atomic mass is 10.1. The molecule has 0 aromatic carbocycles. The van der Waals surface area contributed by atoms with Crippen LogP contribution in [0.3, 0.4) is 0 Å². The molecule has 0 bridgehead atoms. The first-order valence-corrected chi connectivity index (χ1v) is 5.45. The average molecular weight is 231 g/mol. The highest BCUT2D eigenvalue weighted by Crippen LogP contribution is 2.11. The van der Waals surface area contributed by atoms with Crippen molar-refractivity contribution >= 4 is 12.6 Å². The summed E-state index contributed by atoms with van der Waals surface area (Å²) in [6, 6.07) is 5.01. The van der Waals surface area contributed by atoms with Gasteiger partial charge in [-0.1, -0.05) is 19.9 Å². The standard InChI is InChI=1S/C13H17N3O/c1-10(2)12(9-14-4)15-11(3)16-8-6-5-7-13(16)17/h5-10H,4H2,1-3H3/b12-9-,15-11+. The molecule has 0 aliphatic heterocycles. The average Bonchev–Trinajstić information content (AvgIpc) is 2.28. The molecule has 1 rings (SSSR count). The number of hydrogen-bond donors (Lipinski definition) is 0. The van der Waals surface area contributed by atoms with Gasteiger partial charge in [0.25, 0.3) is 5.56 Å². The summed E-state index contributed by atoms with van der Waals surface area (Å²) in [5, 5.41) is 0. The summed E-state index contributed by atoms with van der Waals surface area (Å²) in [6.07, 6.45) is 3.31. The SMILES string of the molecule is C=N/C=C(\N=C(/C)n1ccccc1=O)C(C)C. The first kappa shape index (κ1) is 13.1. The van der Waals surface area contributed by atoms with Crippen molar-refractivity contribution < 1.29 is 0 Å². The highest BCUT2D eigenvalue weighted by Gasteiger charge is 2.03. The Balaban J connectivity index is 3.16. The van der Waals surface area contributed by atoms with Crippen LogP contribution in [-0.2, 0) is 0 Å². The van der Waals surface area contributed by atoms with Crippen molar-refractivity contribution in [3.8, 4) is 0 Å². The van der Waals surface area contributed by atoms with Gasteiger partial charge in [0.15, 0.2) is 0 Å². The minimum absolute atomic E-state index is 0.0941. The number of allylic oxidation sites excluding steroid dienone is 1. The molecule has 0 spiro atoms. The quantitative estimate of drug-likeness (QED) is 0.581. The van der Waals surface area contributed by atoms with E-state index in [2.05, 4.69) is 16.7 Å². The number of pyridine rings is 1. The molecule has 0 atom stereocenters. The van der Waals surface area contributed by atoms with Crippen LogP contribution >= 0.6 is 0 Å². The zero-order valence-electron chi connectivity index (χ0n) is 10.4. The van der Waals surface area contributed by atoms with Crippen LogP contribution in [-0.4, -0.2) is 17.1 Å². The molecule has 90 valence electrons. The largest absolute Gasteiger partial charge is 0.272 e. The van der Waals surface area contributed by atoms with E-state index in [1.807, 2.05) is 13.8 Å². The smallest absolute Gasteiger partial charge is 0.255 e. The third kappa shape index (κ3) is 3.52. The molecule has 4 heteroatoms. The summed E-state index contributed by atoms with van der Waals surface area (Å²) < 4.78 is 1.50. The summed E-state index contributed by atoms with van der Waals surface area (Å²) in [6.45, 7) is 9.24. The van der Waals surface area contributed by atoms with Crippen LogP contribution in [0.1, 0.15) is 20.8 Å². The molecule has 4 nitrogen and oxygen atoms in total. The van der Waals surface area contributed by atoms with Crippen molar-refractivity contribution in [3.05, 3.63) is 46.6 Å². The van der Waals surface area contributed by atoms with E-state index >= 15 is 0 Å². The van der Waals surface area contributed by atoms with Gasteiger partial charge in [0.2, 0.25) is 0 Å². The molecule has 0 fully saturated rings. The van der Waals surface area contributed by atoms with Crippen LogP contribution < -0.4 is 5.56 Å². The molecule has 17 heavy (non-hydrogen) atoms. The molecule has 1 aromatic heterocycles. The number of aliphatic imine (C=N–C) groups is 2. The van der Waals surface area contributed by atoms with E-state index in [4.69, 9.17) is 0 Å². The Hall–Kier alpha value is -1.97. The molecule has 0 unspecified atom stereocenters. The number of rotatable bonds is 3. The van der Waals surface area contributed by atoms with Gasteiger partial charge in [0.1, 0.15) is 5.84 Å². The second-order valence-corrected chi connectivity index (χ2v) is 3.96. The first-order chi connectivity index (χ1) is 8.06. The molecule has 1 aromatic rings. The predicted molar refractivity (Wildman–Crippen MR) is 71.7 cm³/mol. The van der Waals surface area contributed by atoms with E-state index < -0.39 is 0 Å². The maximum Gasteiger partial charge on any atom is 0.255 e. The maximum absolute atomic E-state index is 11.6. The summed E-state index contributed by atoms with van der Waals surface area (Å²) in [5.41, 5.74) is 0.705. The van der Waals surface area contributed by atoms with Gasteiger partial charge >= 0.3 is 0 Å². The second-order valence-electron chi connectivity index (χ2n) is 3.96. The molecule has 0 N–H and O–H groups in total. The third-order valence-electron chi connectivity index (χ3n) is 2.28. The fraction of sp³-hybridized carbons (Fsp3) is 0.308. The molecular formula is C13H17N3O. The normalized spacial score (nSPS) is 12.9. The van der Waals surface area contributed by atoms with Crippen LogP contribution in [0.5, 0.6) is 0 Å². The maximum atomic E-state index is 11.6. The van der Waals surface area contributed by atoms with Gasteiger partial charge in [-0.15, -0.1) is 0 Å². The minimum Gasteiger partial charge on any atom is -0.272 e. The fourth-order valence-corrected chi connectivity index (χ4v) is 1.34. The van der Waals surface area contributed by atoms with Crippen molar-refractivity contribution in [3.63, 3.8) is 0 Å². The topological polar surface area (TPSA) is 46.7 Å². The summed E-state index contributed by atoms with van der Waals surface area (Å²) in [7, 11) is 0. The summed E-state index contributed by atoms with van der Waals surface area (Å²) >= 11 is 0. The van der Waals surface area contributed by atoms with Gasteiger partial charge in [-0.05, 0) is 25.6 Å². The van der Waals surface area contributed by atoms with Crippen molar-refractivity contribution in [1.29, 1.82) is 0 Å². The van der Waals surface area contributed by atoms with Crippen LogP contribution in [0.15, 0.2) is 51.1 Å². The first-order valence-electron chi connectivity index (χ1n) is 5.45. The fourth-order valence-electron chi connectivity index (χ4n) is 1.34. The van der Waals surface area contributed by atoms with Gasteiger partial charge in [0.05, 0.1) is 5.70 Å². The molecule has 0 aliphatic rings. The van der Waals surface area contributed by atoms with Crippen LogP contribution in [0, 0.1) is 5.92 Å². The molecule has 1 heterocycles. The summed E-state index contributed by atoms with van der Waals surface area (Å²) in [4.78, 5) is 19.7. The van der Waals surface area contributed by atoms with Gasteiger partial charge < -0.3 is 0 Å². The Morgan fingerprint density at radius 3 is 2.71 bits per heavy atom. The zero-order valence-corrected chi connectivity index (χ0v) is 10.4. The minimum atomic E-state index is -0.0941. The molecular weight excluding hydrogens is 214 g/mol. The number of aromatic nitrogens is 1. The van der Waals surface area contributed by atoms with E-state index in [1.165, 1.54) is 10.6 Å². The molecule has 0 amide bonds. The highest BCUT2D eigenvalue weighted by atomic mass is 16.1. The van der Waals surface area contributed by atoms with E-state index in [0.717, 1.165) is 5.70 Å². The van der Waals surface area contributed by atoms with E-state index in [0.29, 0.717) is 5.84 Å². The monoisotopic (exact) mass is 231 g/mol. The molecule has 0 saturated heterocycles. The lowest BCUT2D eigenvalue weighted by Gasteiger charge is -2.08. The molecule has 0 radical (unpaired) electrons. The van der Waals surface area contributed by atoms with Gasteiger partial charge in [-0.25, -0.2) is 4.99 Å². The third-order valence-corrected chi connectivity index (χ3v) is 2.28. The lowest BCUT2D eigenvalue weighted by molar-refractivity contribution is 0.751. The van der Waals surface area contributed by atoms with Gasteiger partial charge in [-0.2, -0.15) is 0 Å². The van der Waals surface area contributed by atoms with Crippen molar-refractivity contribution in [1.82, 2.24) is 4.57 Å².